The molecule has 0 aliphatic carbocycles. The van der Waals surface area contributed by atoms with Crippen LogP contribution in [0.3, 0.4) is 0 Å². The van der Waals surface area contributed by atoms with E-state index in [0.29, 0.717) is 19.5 Å². The summed E-state index contributed by atoms with van der Waals surface area (Å²) in [5.74, 6) is 0.478. The van der Waals surface area contributed by atoms with Crippen LogP contribution in [0, 0.1) is 0 Å². The topological polar surface area (TPSA) is 91.0 Å². The Labute approximate surface area is 146 Å². The summed E-state index contributed by atoms with van der Waals surface area (Å²) in [4.78, 5) is 38.9. The summed E-state index contributed by atoms with van der Waals surface area (Å²) in [6.45, 7) is 2.82. The summed E-state index contributed by atoms with van der Waals surface area (Å²) in [6, 6.07) is 6.78. The normalized spacial score (nSPS) is 20.3. The third kappa shape index (κ3) is 4.01. The van der Waals surface area contributed by atoms with Crippen LogP contribution in [0.4, 0.5) is 10.5 Å². The van der Waals surface area contributed by atoms with Crippen molar-refractivity contribution in [1.29, 1.82) is 0 Å². The lowest BCUT2D eigenvalue weighted by Crippen LogP contribution is -2.49. The molecule has 1 aromatic carbocycles. The van der Waals surface area contributed by atoms with Crippen molar-refractivity contribution < 1.29 is 19.1 Å². The number of nitrogens with zero attached hydrogens (tertiary/aromatic N) is 2. The molecule has 2 heterocycles. The van der Waals surface area contributed by atoms with Crippen LogP contribution in [0.15, 0.2) is 24.3 Å². The zero-order valence-electron chi connectivity index (χ0n) is 14.2. The number of urea groups is 1. The third-order valence-corrected chi connectivity index (χ3v) is 4.58. The van der Waals surface area contributed by atoms with Gasteiger partial charge in [-0.05, 0) is 30.7 Å². The molecule has 0 bridgehead atoms. The number of nitrogens with one attached hydrogen (secondary N) is 2. The van der Waals surface area contributed by atoms with E-state index in [1.54, 1.807) is 7.11 Å². The highest BCUT2D eigenvalue weighted by Gasteiger charge is 2.30. The van der Waals surface area contributed by atoms with Crippen LogP contribution in [0.5, 0.6) is 5.75 Å². The van der Waals surface area contributed by atoms with Crippen molar-refractivity contribution in [2.75, 3.05) is 38.2 Å². The molecule has 1 atom stereocenters. The Balaban J connectivity index is 1.45. The largest absolute Gasteiger partial charge is 0.497 e. The second-order valence-corrected chi connectivity index (χ2v) is 6.12. The van der Waals surface area contributed by atoms with Crippen LogP contribution in [0.2, 0.25) is 0 Å². The molecule has 8 nitrogen and oxygen atoms in total. The van der Waals surface area contributed by atoms with Crippen molar-refractivity contribution in [1.82, 2.24) is 15.5 Å². The fourth-order valence-corrected chi connectivity index (χ4v) is 3.10. The van der Waals surface area contributed by atoms with Gasteiger partial charge >= 0.3 is 6.03 Å². The van der Waals surface area contributed by atoms with Gasteiger partial charge in [-0.1, -0.05) is 0 Å². The Kier molecular flexibility index (Phi) is 5.06. The number of amides is 4. The van der Waals surface area contributed by atoms with E-state index in [1.165, 1.54) is 0 Å². The molecular formula is C17H22N4O4. The maximum atomic E-state index is 12.3. The van der Waals surface area contributed by atoms with Gasteiger partial charge in [0.25, 0.3) is 5.91 Å². The maximum Gasteiger partial charge on any atom is 0.322 e. The molecule has 0 radical (unpaired) electrons. The number of anilines is 1. The molecule has 0 aromatic heterocycles. The first-order valence-corrected chi connectivity index (χ1v) is 8.35. The molecule has 0 spiro atoms. The van der Waals surface area contributed by atoms with Crippen LogP contribution in [0.25, 0.3) is 0 Å². The molecule has 25 heavy (non-hydrogen) atoms. The van der Waals surface area contributed by atoms with Gasteiger partial charge in [-0.25, -0.2) is 4.79 Å². The third-order valence-electron chi connectivity index (χ3n) is 4.58. The van der Waals surface area contributed by atoms with E-state index in [0.717, 1.165) is 24.5 Å². The van der Waals surface area contributed by atoms with Crippen molar-refractivity contribution in [2.24, 2.45) is 0 Å². The average molecular weight is 346 g/mol. The van der Waals surface area contributed by atoms with Crippen LogP contribution in [-0.4, -0.2) is 62.1 Å². The molecule has 3 rings (SSSR count). The molecular weight excluding hydrogens is 324 g/mol. The number of ether oxygens (including phenoxy) is 1. The minimum atomic E-state index is -0.600. The second kappa shape index (κ2) is 7.42. The maximum absolute atomic E-state index is 12.3. The molecule has 2 fully saturated rings. The van der Waals surface area contributed by atoms with Gasteiger partial charge in [0.05, 0.1) is 7.11 Å². The van der Waals surface area contributed by atoms with Crippen molar-refractivity contribution in [2.45, 2.75) is 18.9 Å². The highest BCUT2D eigenvalue weighted by atomic mass is 16.5. The molecule has 4 amide bonds. The van der Waals surface area contributed by atoms with Crippen LogP contribution >= 0.6 is 0 Å². The Morgan fingerprint density at radius 2 is 1.84 bits per heavy atom. The molecule has 0 saturated carbocycles. The fourth-order valence-electron chi connectivity index (χ4n) is 3.10. The standard InChI is InChI=1S/C17H22N4O4/c1-25-13-4-2-12(3-5-13)20-8-10-21(11-9-20)15(22)7-6-14-16(23)19-17(24)18-14/h2-5,14H,6-11H2,1H3,(H2,18,19,23,24). The van der Waals surface area contributed by atoms with Crippen molar-refractivity contribution in [3.8, 4) is 5.75 Å². The summed E-state index contributed by atoms with van der Waals surface area (Å²) in [5.41, 5.74) is 1.11. The Hall–Kier alpha value is -2.77. The molecule has 1 aromatic rings. The van der Waals surface area contributed by atoms with Crippen LogP contribution < -0.4 is 20.3 Å². The zero-order valence-corrected chi connectivity index (χ0v) is 14.2. The van der Waals surface area contributed by atoms with E-state index >= 15 is 0 Å². The Morgan fingerprint density at radius 1 is 1.16 bits per heavy atom. The van der Waals surface area contributed by atoms with Crippen LogP contribution in [0.1, 0.15) is 12.8 Å². The van der Waals surface area contributed by atoms with Gasteiger partial charge in [0.1, 0.15) is 11.8 Å². The molecule has 1 unspecified atom stereocenters. The molecule has 2 N–H and O–H groups in total. The number of methoxy groups -OCH3 is 1. The first-order valence-electron chi connectivity index (χ1n) is 8.35. The van der Waals surface area contributed by atoms with Gasteiger partial charge in [0.2, 0.25) is 5.91 Å². The molecule has 8 heteroatoms. The van der Waals surface area contributed by atoms with Gasteiger partial charge in [-0.2, -0.15) is 0 Å². The monoisotopic (exact) mass is 346 g/mol. The number of benzene rings is 1. The molecule has 2 aliphatic heterocycles. The van der Waals surface area contributed by atoms with Gasteiger partial charge in [0, 0.05) is 38.3 Å². The Bertz CT molecular complexity index is 653. The lowest BCUT2D eigenvalue weighted by atomic mass is 10.1. The predicted molar refractivity (Wildman–Crippen MR) is 91.5 cm³/mol. The second-order valence-electron chi connectivity index (χ2n) is 6.12. The number of rotatable bonds is 5. The zero-order chi connectivity index (χ0) is 17.8. The van der Waals surface area contributed by atoms with E-state index in [1.807, 2.05) is 29.2 Å². The van der Waals surface area contributed by atoms with Crippen molar-refractivity contribution >= 4 is 23.5 Å². The summed E-state index contributed by atoms with van der Waals surface area (Å²) < 4.78 is 5.16. The summed E-state index contributed by atoms with van der Waals surface area (Å²) in [5, 5.41) is 4.68. The highest BCUT2D eigenvalue weighted by Crippen LogP contribution is 2.20. The average Bonchev–Trinajstić information content (AvgIpc) is 2.97. The van der Waals surface area contributed by atoms with Gasteiger partial charge in [-0.3, -0.25) is 14.9 Å². The summed E-state index contributed by atoms with van der Waals surface area (Å²) >= 11 is 0. The van der Waals surface area contributed by atoms with Gasteiger partial charge < -0.3 is 19.9 Å². The van der Waals surface area contributed by atoms with Gasteiger partial charge in [-0.15, -0.1) is 0 Å². The number of carbonyl (C=O) groups excluding carboxylic acids is 3. The summed E-state index contributed by atoms with van der Waals surface area (Å²) in [7, 11) is 1.64. The quantitative estimate of drug-likeness (QED) is 0.750. The van der Waals surface area contributed by atoms with E-state index < -0.39 is 12.1 Å². The summed E-state index contributed by atoms with van der Waals surface area (Å²) in [6.07, 6.45) is 0.579. The number of piperazine rings is 1. The minimum absolute atomic E-state index is 0.0170. The minimum Gasteiger partial charge on any atom is -0.497 e. The van der Waals surface area contributed by atoms with E-state index in [2.05, 4.69) is 15.5 Å². The van der Waals surface area contributed by atoms with E-state index in [4.69, 9.17) is 4.74 Å². The van der Waals surface area contributed by atoms with Crippen molar-refractivity contribution in [3.63, 3.8) is 0 Å². The smallest absolute Gasteiger partial charge is 0.322 e. The fraction of sp³-hybridized carbons (Fsp3) is 0.471. The number of hydrogen-bond donors (Lipinski definition) is 2. The first-order chi connectivity index (χ1) is 12.1. The molecule has 2 saturated heterocycles. The first kappa shape index (κ1) is 17.1. The number of hydrogen-bond acceptors (Lipinski definition) is 5. The van der Waals surface area contributed by atoms with Crippen LogP contribution in [-0.2, 0) is 9.59 Å². The van der Waals surface area contributed by atoms with E-state index in [-0.39, 0.29) is 18.2 Å². The SMILES string of the molecule is COc1ccc(N2CCN(C(=O)CCC3NC(=O)NC3=O)CC2)cc1. The number of imide groups is 1. The van der Waals surface area contributed by atoms with Gasteiger partial charge in [0.15, 0.2) is 0 Å². The Morgan fingerprint density at radius 3 is 2.40 bits per heavy atom. The van der Waals surface area contributed by atoms with E-state index in [9.17, 15) is 14.4 Å². The predicted octanol–water partition coefficient (Wildman–Crippen LogP) is 0.332. The molecule has 2 aliphatic rings. The number of carbonyl (C=O) groups is 3. The molecule has 134 valence electrons. The lowest BCUT2D eigenvalue weighted by molar-refractivity contribution is -0.131. The van der Waals surface area contributed by atoms with Crippen molar-refractivity contribution in [3.05, 3.63) is 24.3 Å². The highest BCUT2D eigenvalue weighted by molar-refractivity contribution is 6.04. The lowest BCUT2D eigenvalue weighted by Gasteiger charge is -2.36.